The predicted molar refractivity (Wildman–Crippen MR) is 59.6 cm³/mol. The molecular weight excluding hydrogens is 228 g/mol. The van der Waals surface area contributed by atoms with E-state index in [0.29, 0.717) is 5.75 Å². The molecular formula is C10H8N2O3S. The van der Waals surface area contributed by atoms with Gasteiger partial charge in [0.15, 0.2) is 4.88 Å². The smallest absolute Gasteiger partial charge is 0.357 e. The number of carbonyl (C=O) groups is 1. The first-order chi connectivity index (χ1) is 7.66. The lowest BCUT2D eigenvalue weighted by atomic mass is 10.3. The molecule has 0 atom stereocenters. The Hall–Kier alpha value is -2.08. The number of rotatable bonds is 2. The number of nitrogens with zero attached hydrogens (tertiary/aromatic N) is 1. The van der Waals surface area contributed by atoms with Crippen LogP contribution in [0.25, 0.3) is 0 Å². The maximum atomic E-state index is 11.6. The highest BCUT2D eigenvalue weighted by molar-refractivity contribution is 7.12. The summed E-state index contributed by atoms with van der Waals surface area (Å²) in [7, 11) is 0. The van der Waals surface area contributed by atoms with Crippen molar-refractivity contribution in [2.24, 2.45) is 0 Å². The number of esters is 1. The second-order valence-electron chi connectivity index (χ2n) is 2.95. The first-order valence-corrected chi connectivity index (χ1v) is 5.25. The summed E-state index contributed by atoms with van der Waals surface area (Å²) in [5.41, 5.74) is 6.95. The number of aromatic nitrogens is 1. The standard InChI is InChI=1S/C10H8N2O3S/c11-9-8(16-5-12-9)10(14)15-7-3-1-6(13)2-4-7/h1-5,13H,11H2. The van der Waals surface area contributed by atoms with Crippen LogP contribution in [0.5, 0.6) is 11.5 Å². The monoisotopic (exact) mass is 236 g/mol. The van der Waals surface area contributed by atoms with Crippen LogP contribution in [0.4, 0.5) is 5.82 Å². The Morgan fingerprint density at radius 1 is 1.38 bits per heavy atom. The number of anilines is 1. The molecule has 0 saturated heterocycles. The van der Waals surface area contributed by atoms with Crippen molar-refractivity contribution >= 4 is 23.1 Å². The molecule has 0 amide bonds. The van der Waals surface area contributed by atoms with Crippen molar-refractivity contribution in [1.82, 2.24) is 4.98 Å². The second-order valence-corrected chi connectivity index (χ2v) is 3.80. The molecule has 2 rings (SSSR count). The summed E-state index contributed by atoms with van der Waals surface area (Å²) in [6, 6.07) is 5.84. The number of carbonyl (C=O) groups excluding carboxylic acids is 1. The van der Waals surface area contributed by atoms with Crippen molar-refractivity contribution in [3.63, 3.8) is 0 Å². The molecule has 0 fully saturated rings. The summed E-state index contributed by atoms with van der Waals surface area (Å²) in [5, 5.41) is 9.05. The Bertz CT molecular complexity index is 507. The molecule has 0 aliphatic rings. The van der Waals surface area contributed by atoms with Gasteiger partial charge in [-0.2, -0.15) is 0 Å². The van der Waals surface area contributed by atoms with Gasteiger partial charge in [-0.1, -0.05) is 0 Å². The van der Waals surface area contributed by atoms with E-state index in [2.05, 4.69) is 4.98 Å². The normalized spacial score (nSPS) is 10.0. The number of hydrogen-bond donors (Lipinski definition) is 2. The first-order valence-electron chi connectivity index (χ1n) is 4.37. The summed E-state index contributed by atoms with van der Waals surface area (Å²) < 4.78 is 5.03. The molecule has 0 unspecified atom stereocenters. The summed E-state index contributed by atoms with van der Waals surface area (Å²) >= 11 is 1.12. The van der Waals surface area contributed by atoms with Crippen LogP contribution in [0, 0.1) is 0 Å². The molecule has 1 aromatic heterocycles. The van der Waals surface area contributed by atoms with Crippen LogP contribution in [0.2, 0.25) is 0 Å². The number of ether oxygens (including phenoxy) is 1. The fourth-order valence-electron chi connectivity index (χ4n) is 1.08. The minimum Gasteiger partial charge on any atom is -0.508 e. The lowest BCUT2D eigenvalue weighted by Gasteiger charge is -2.02. The van der Waals surface area contributed by atoms with Gasteiger partial charge >= 0.3 is 5.97 Å². The molecule has 0 spiro atoms. The zero-order valence-corrected chi connectivity index (χ0v) is 8.90. The number of thiazole rings is 1. The summed E-state index contributed by atoms with van der Waals surface area (Å²) in [6.07, 6.45) is 0. The Kier molecular flexibility index (Phi) is 2.74. The van der Waals surface area contributed by atoms with E-state index < -0.39 is 5.97 Å². The van der Waals surface area contributed by atoms with Crippen molar-refractivity contribution in [2.75, 3.05) is 5.73 Å². The van der Waals surface area contributed by atoms with Crippen LogP contribution in [-0.2, 0) is 0 Å². The molecule has 5 nitrogen and oxygen atoms in total. The number of nitrogen functional groups attached to an aromatic ring is 1. The number of phenols is 1. The third-order valence-corrected chi connectivity index (χ3v) is 2.65. The van der Waals surface area contributed by atoms with Gasteiger partial charge in [0.25, 0.3) is 0 Å². The zero-order chi connectivity index (χ0) is 11.5. The zero-order valence-electron chi connectivity index (χ0n) is 8.08. The number of aromatic hydroxyl groups is 1. The molecule has 16 heavy (non-hydrogen) atoms. The van der Waals surface area contributed by atoms with E-state index in [-0.39, 0.29) is 16.4 Å². The minimum atomic E-state index is -0.550. The molecule has 0 radical (unpaired) electrons. The number of phenolic OH excluding ortho intramolecular Hbond substituents is 1. The second kappa shape index (κ2) is 4.19. The summed E-state index contributed by atoms with van der Waals surface area (Å²) in [6.45, 7) is 0. The fraction of sp³-hybridized carbons (Fsp3) is 0. The van der Waals surface area contributed by atoms with Crippen molar-refractivity contribution in [3.8, 4) is 11.5 Å². The highest BCUT2D eigenvalue weighted by Gasteiger charge is 2.14. The van der Waals surface area contributed by atoms with E-state index in [1.165, 1.54) is 29.8 Å². The molecule has 1 heterocycles. The quantitative estimate of drug-likeness (QED) is 0.611. The minimum absolute atomic E-state index is 0.108. The third-order valence-electron chi connectivity index (χ3n) is 1.83. The van der Waals surface area contributed by atoms with E-state index in [0.717, 1.165) is 11.3 Å². The SMILES string of the molecule is Nc1ncsc1C(=O)Oc1ccc(O)cc1. The molecule has 3 N–H and O–H groups in total. The summed E-state index contributed by atoms with van der Waals surface area (Å²) in [4.78, 5) is 15.6. The molecule has 2 aromatic rings. The molecule has 0 aliphatic heterocycles. The van der Waals surface area contributed by atoms with Crippen molar-refractivity contribution in [1.29, 1.82) is 0 Å². The fourth-order valence-corrected chi connectivity index (χ4v) is 1.66. The van der Waals surface area contributed by atoms with Gasteiger partial charge in [-0.25, -0.2) is 9.78 Å². The van der Waals surface area contributed by atoms with Gasteiger partial charge in [-0.05, 0) is 24.3 Å². The van der Waals surface area contributed by atoms with Crippen molar-refractivity contribution < 1.29 is 14.6 Å². The molecule has 0 saturated carbocycles. The maximum Gasteiger partial charge on any atom is 0.357 e. The highest BCUT2D eigenvalue weighted by atomic mass is 32.1. The van der Waals surface area contributed by atoms with E-state index >= 15 is 0 Å². The average Bonchev–Trinajstić information content (AvgIpc) is 2.68. The number of hydrogen-bond acceptors (Lipinski definition) is 6. The Balaban J connectivity index is 2.14. The van der Waals surface area contributed by atoms with E-state index in [1.807, 2.05) is 0 Å². The van der Waals surface area contributed by atoms with Gasteiger partial charge in [0.1, 0.15) is 17.3 Å². The third kappa shape index (κ3) is 2.12. The lowest BCUT2D eigenvalue weighted by Crippen LogP contribution is -2.08. The summed E-state index contributed by atoms with van der Waals surface area (Å²) in [5.74, 6) is 0.0622. The largest absolute Gasteiger partial charge is 0.508 e. The van der Waals surface area contributed by atoms with Gasteiger partial charge < -0.3 is 15.6 Å². The van der Waals surface area contributed by atoms with Crippen LogP contribution in [0.1, 0.15) is 9.67 Å². The maximum absolute atomic E-state index is 11.6. The lowest BCUT2D eigenvalue weighted by molar-refractivity contribution is 0.0740. The molecule has 1 aromatic carbocycles. The Morgan fingerprint density at radius 2 is 2.06 bits per heavy atom. The van der Waals surface area contributed by atoms with Gasteiger partial charge in [0.2, 0.25) is 0 Å². The molecule has 6 heteroatoms. The Labute approximate surface area is 95.1 Å². The van der Waals surface area contributed by atoms with Gasteiger partial charge in [-0.15, -0.1) is 11.3 Å². The average molecular weight is 236 g/mol. The van der Waals surface area contributed by atoms with Crippen LogP contribution in [0.3, 0.4) is 0 Å². The van der Waals surface area contributed by atoms with E-state index in [4.69, 9.17) is 15.6 Å². The van der Waals surface area contributed by atoms with Crippen LogP contribution in [0.15, 0.2) is 29.8 Å². The molecule has 0 aliphatic carbocycles. The van der Waals surface area contributed by atoms with E-state index in [1.54, 1.807) is 0 Å². The molecule has 0 bridgehead atoms. The van der Waals surface area contributed by atoms with Crippen LogP contribution < -0.4 is 10.5 Å². The van der Waals surface area contributed by atoms with Crippen molar-refractivity contribution in [3.05, 3.63) is 34.7 Å². The number of nitrogens with two attached hydrogens (primary N) is 1. The van der Waals surface area contributed by atoms with Gasteiger partial charge in [0, 0.05) is 0 Å². The van der Waals surface area contributed by atoms with Crippen LogP contribution >= 0.6 is 11.3 Å². The van der Waals surface area contributed by atoms with E-state index in [9.17, 15) is 4.79 Å². The number of benzene rings is 1. The van der Waals surface area contributed by atoms with Gasteiger partial charge in [-0.3, -0.25) is 0 Å². The molecule has 82 valence electrons. The van der Waals surface area contributed by atoms with Gasteiger partial charge in [0.05, 0.1) is 5.51 Å². The predicted octanol–water partition coefficient (Wildman–Crippen LogP) is 1.65. The first kappa shape index (κ1) is 10.4. The van der Waals surface area contributed by atoms with Crippen LogP contribution in [-0.4, -0.2) is 16.1 Å². The van der Waals surface area contributed by atoms with Crippen molar-refractivity contribution in [2.45, 2.75) is 0 Å². The Morgan fingerprint density at radius 3 is 2.62 bits per heavy atom. The topological polar surface area (TPSA) is 85.4 Å². The highest BCUT2D eigenvalue weighted by Crippen LogP contribution is 2.20.